The number of nitrogens with two attached hydrogens (primary N) is 1. The molecule has 1 aliphatic carbocycles. The number of carbonyl (C=O) groups is 3. The SMILES string of the molecule is CCC(=O)N/C(=C/c1ccc(CNC(=O)[C@@H](N)C2CCCCC2)cc1)C(=O)N1CCN(Cc2ccccc2)CC1. The van der Waals surface area contributed by atoms with Crippen LogP contribution in [0.3, 0.4) is 0 Å². The van der Waals surface area contributed by atoms with E-state index in [4.69, 9.17) is 5.73 Å². The molecule has 1 saturated carbocycles. The topological polar surface area (TPSA) is 108 Å². The third-order valence-electron chi connectivity index (χ3n) is 7.95. The van der Waals surface area contributed by atoms with Crippen molar-refractivity contribution in [1.82, 2.24) is 20.4 Å². The Labute approximate surface area is 238 Å². The summed E-state index contributed by atoms with van der Waals surface area (Å²) < 4.78 is 0. The highest BCUT2D eigenvalue weighted by molar-refractivity contribution is 6.01. The lowest BCUT2D eigenvalue weighted by Gasteiger charge is -2.35. The van der Waals surface area contributed by atoms with Gasteiger partial charge in [0, 0.05) is 45.7 Å². The fraction of sp³-hybridized carbons (Fsp3) is 0.469. The number of rotatable bonds is 10. The first kappa shape index (κ1) is 29.5. The van der Waals surface area contributed by atoms with Crippen molar-refractivity contribution in [2.75, 3.05) is 26.2 Å². The molecule has 8 nitrogen and oxygen atoms in total. The van der Waals surface area contributed by atoms with Crippen LogP contribution in [0.5, 0.6) is 0 Å². The molecule has 1 heterocycles. The van der Waals surface area contributed by atoms with Gasteiger partial charge in [0.1, 0.15) is 5.70 Å². The maximum Gasteiger partial charge on any atom is 0.270 e. The zero-order chi connectivity index (χ0) is 28.3. The summed E-state index contributed by atoms with van der Waals surface area (Å²) in [7, 11) is 0. The molecule has 2 aromatic carbocycles. The van der Waals surface area contributed by atoms with Crippen LogP contribution >= 0.6 is 0 Å². The standard InChI is InChI=1S/C32H43N5O3/c1-2-29(38)35-28(32(40)37-19-17-36(18-20-37)23-26-9-5-3-6-10-26)21-24-13-15-25(16-14-24)22-34-31(39)30(33)27-11-7-4-8-12-27/h3,5-6,9-10,13-16,21,27,30H,2,4,7-8,11-12,17-20,22-23,33H2,1H3,(H,34,39)(H,35,38)/b28-21+/t30-/m0/s1. The van der Waals surface area contributed by atoms with Crippen LogP contribution < -0.4 is 16.4 Å². The molecule has 1 atom stereocenters. The predicted molar refractivity (Wildman–Crippen MR) is 158 cm³/mol. The summed E-state index contributed by atoms with van der Waals surface area (Å²) in [6.07, 6.45) is 7.59. The number of piperazine rings is 1. The van der Waals surface area contributed by atoms with E-state index in [0.29, 0.717) is 19.6 Å². The van der Waals surface area contributed by atoms with Gasteiger partial charge in [0.25, 0.3) is 5.91 Å². The number of benzene rings is 2. The lowest BCUT2D eigenvalue weighted by atomic mass is 9.84. The Kier molecular flexibility index (Phi) is 10.9. The second-order valence-corrected chi connectivity index (χ2v) is 10.9. The summed E-state index contributed by atoms with van der Waals surface area (Å²) in [4.78, 5) is 42.4. The first-order valence-corrected chi connectivity index (χ1v) is 14.6. The van der Waals surface area contributed by atoms with E-state index < -0.39 is 6.04 Å². The van der Waals surface area contributed by atoms with E-state index in [1.165, 1.54) is 12.0 Å². The Balaban J connectivity index is 1.34. The Bertz CT molecular complexity index is 1150. The largest absolute Gasteiger partial charge is 0.351 e. The number of nitrogens with one attached hydrogen (secondary N) is 2. The van der Waals surface area contributed by atoms with Gasteiger partial charge in [-0.05, 0) is 41.5 Å². The van der Waals surface area contributed by atoms with Crippen molar-refractivity contribution in [3.8, 4) is 0 Å². The summed E-state index contributed by atoms with van der Waals surface area (Å²) in [5.41, 5.74) is 9.51. The van der Waals surface area contributed by atoms with Crippen LogP contribution in [0.25, 0.3) is 6.08 Å². The monoisotopic (exact) mass is 545 g/mol. The first-order chi connectivity index (χ1) is 19.4. The van der Waals surface area contributed by atoms with Crippen molar-refractivity contribution >= 4 is 23.8 Å². The smallest absolute Gasteiger partial charge is 0.270 e. The van der Waals surface area contributed by atoms with Gasteiger partial charge in [-0.25, -0.2) is 0 Å². The maximum absolute atomic E-state index is 13.4. The molecule has 40 heavy (non-hydrogen) atoms. The van der Waals surface area contributed by atoms with Crippen molar-refractivity contribution in [1.29, 1.82) is 0 Å². The van der Waals surface area contributed by atoms with Crippen molar-refractivity contribution < 1.29 is 14.4 Å². The van der Waals surface area contributed by atoms with Gasteiger partial charge < -0.3 is 21.3 Å². The Hall–Kier alpha value is -3.49. The highest BCUT2D eigenvalue weighted by atomic mass is 16.2. The zero-order valence-electron chi connectivity index (χ0n) is 23.6. The summed E-state index contributed by atoms with van der Waals surface area (Å²) >= 11 is 0. The van der Waals surface area contributed by atoms with E-state index >= 15 is 0 Å². The van der Waals surface area contributed by atoms with Crippen LogP contribution in [0.1, 0.15) is 62.1 Å². The quantitative estimate of drug-likeness (QED) is 0.397. The van der Waals surface area contributed by atoms with Crippen LogP contribution in [-0.2, 0) is 27.5 Å². The van der Waals surface area contributed by atoms with Crippen LogP contribution in [0.2, 0.25) is 0 Å². The van der Waals surface area contributed by atoms with E-state index in [0.717, 1.165) is 56.4 Å². The van der Waals surface area contributed by atoms with Gasteiger partial charge in [-0.1, -0.05) is 80.8 Å². The fourth-order valence-electron chi connectivity index (χ4n) is 5.42. The van der Waals surface area contributed by atoms with Gasteiger partial charge in [0.2, 0.25) is 11.8 Å². The van der Waals surface area contributed by atoms with Crippen molar-refractivity contribution in [2.24, 2.45) is 11.7 Å². The molecule has 8 heteroatoms. The third-order valence-corrected chi connectivity index (χ3v) is 7.95. The van der Waals surface area contributed by atoms with Crippen LogP contribution in [-0.4, -0.2) is 59.7 Å². The fourth-order valence-corrected chi connectivity index (χ4v) is 5.42. The summed E-state index contributed by atoms with van der Waals surface area (Å²) in [5, 5.41) is 5.78. The Morgan fingerprint density at radius 1 is 0.925 bits per heavy atom. The van der Waals surface area contributed by atoms with Crippen LogP contribution in [0.15, 0.2) is 60.3 Å². The molecule has 0 radical (unpaired) electrons. The molecule has 2 fully saturated rings. The number of hydrogen-bond donors (Lipinski definition) is 3. The van der Waals surface area contributed by atoms with Crippen molar-refractivity contribution in [3.63, 3.8) is 0 Å². The summed E-state index contributed by atoms with van der Waals surface area (Å²) in [6, 6.07) is 17.5. The average Bonchev–Trinajstić information content (AvgIpc) is 3.00. The van der Waals surface area contributed by atoms with E-state index in [1.54, 1.807) is 13.0 Å². The molecule has 4 N–H and O–H groups in total. The molecular formula is C32H43N5O3. The Morgan fingerprint density at radius 2 is 1.60 bits per heavy atom. The first-order valence-electron chi connectivity index (χ1n) is 14.6. The van der Waals surface area contributed by atoms with Gasteiger partial charge in [0.05, 0.1) is 6.04 Å². The molecule has 1 saturated heterocycles. The van der Waals surface area contributed by atoms with Crippen molar-refractivity contribution in [2.45, 2.75) is 64.6 Å². The lowest BCUT2D eigenvalue weighted by molar-refractivity contribution is -0.131. The third kappa shape index (κ3) is 8.50. The van der Waals surface area contributed by atoms with E-state index in [2.05, 4.69) is 27.7 Å². The van der Waals surface area contributed by atoms with E-state index in [-0.39, 0.29) is 35.8 Å². The van der Waals surface area contributed by atoms with E-state index in [1.807, 2.05) is 47.4 Å². The molecule has 2 aromatic rings. The molecule has 3 amide bonds. The van der Waals surface area contributed by atoms with Crippen molar-refractivity contribution in [3.05, 3.63) is 77.0 Å². The van der Waals surface area contributed by atoms with Gasteiger partial charge in [-0.2, -0.15) is 0 Å². The number of nitrogens with zero attached hydrogens (tertiary/aromatic N) is 2. The number of carbonyl (C=O) groups excluding carboxylic acids is 3. The second kappa shape index (κ2) is 14.8. The van der Waals surface area contributed by atoms with Gasteiger partial charge >= 0.3 is 0 Å². The number of amides is 3. The lowest BCUT2D eigenvalue weighted by Crippen LogP contribution is -2.50. The molecule has 0 unspecified atom stereocenters. The molecule has 214 valence electrons. The predicted octanol–water partition coefficient (Wildman–Crippen LogP) is 3.42. The van der Waals surface area contributed by atoms with E-state index in [9.17, 15) is 14.4 Å². The Morgan fingerprint density at radius 3 is 2.25 bits per heavy atom. The van der Waals surface area contributed by atoms with Gasteiger partial charge in [0.15, 0.2) is 0 Å². The molecule has 4 rings (SSSR count). The molecule has 0 spiro atoms. The summed E-state index contributed by atoms with van der Waals surface area (Å²) in [5.74, 6) is -0.206. The zero-order valence-corrected chi connectivity index (χ0v) is 23.6. The molecular weight excluding hydrogens is 502 g/mol. The molecule has 2 aliphatic rings. The second-order valence-electron chi connectivity index (χ2n) is 10.9. The molecule has 0 aromatic heterocycles. The highest BCUT2D eigenvalue weighted by Crippen LogP contribution is 2.25. The van der Waals surface area contributed by atoms with Crippen LogP contribution in [0, 0.1) is 5.92 Å². The highest BCUT2D eigenvalue weighted by Gasteiger charge is 2.26. The minimum absolute atomic E-state index is 0.102. The minimum Gasteiger partial charge on any atom is -0.351 e. The van der Waals surface area contributed by atoms with Gasteiger partial charge in [-0.15, -0.1) is 0 Å². The molecule has 1 aliphatic heterocycles. The molecule has 0 bridgehead atoms. The average molecular weight is 546 g/mol. The maximum atomic E-state index is 13.4. The minimum atomic E-state index is -0.460. The summed E-state index contributed by atoms with van der Waals surface area (Å²) in [6.45, 7) is 5.79. The number of hydrogen-bond acceptors (Lipinski definition) is 5. The van der Waals surface area contributed by atoms with Gasteiger partial charge in [-0.3, -0.25) is 19.3 Å². The van der Waals surface area contributed by atoms with Crippen LogP contribution in [0.4, 0.5) is 0 Å². The normalized spacial score (nSPS) is 17.8.